The van der Waals surface area contributed by atoms with Crippen molar-refractivity contribution < 1.29 is 30.4 Å². The largest absolute Gasteiger partial charge is 0.416 e. The average Bonchev–Trinajstić information content (AvgIpc) is 2.45. The number of rotatable bonds is 4. The minimum atomic E-state index is -4.57. The van der Waals surface area contributed by atoms with Crippen LogP contribution in [0.5, 0.6) is 0 Å². The monoisotopic (exact) mass is 365 g/mol. The van der Waals surface area contributed by atoms with Crippen LogP contribution in [0, 0.1) is 11.6 Å². The molecule has 0 spiro atoms. The van der Waals surface area contributed by atoms with Gasteiger partial charge in [0, 0.05) is 12.1 Å². The molecule has 1 N–H and O–H groups in total. The van der Waals surface area contributed by atoms with Gasteiger partial charge in [0.25, 0.3) is 0 Å². The van der Waals surface area contributed by atoms with E-state index in [1.54, 1.807) is 0 Å². The number of nitrogens with one attached hydrogen (secondary N) is 1. The molecule has 0 aliphatic rings. The summed E-state index contributed by atoms with van der Waals surface area (Å²) in [6, 6.07) is 4.97. The van der Waals surface area contributed by atoms with E-state index in [-0.39, 0.29) is 5.56 Å². The fraction of sp³-hybridized carbons (Fsp3) is 0.200. The summed E-state index contributed by atoms with van der Waals surface area (Å²) >= 11 is 0. The molecule has 0 saturated carbocycles. The third-order valence-corrected chi connectivity index (χ3v) is 4.80. The highest BCUT2D eigenvalue weighted by Gasteiger charge is 2.31. The highest BCUT2D eigenvalue weighted by molar-refractivity contribution is 7.89. The van der Waals surface area contributed by atoms with Gasteiger partial charge in [0.2, 0.25) is 10.0 Å². The molecule has 0 fully saturated rings. The minimum absolute atomic E-state index is 0.0518. The van der Waals surface area contributed by atoms with E-state index in [1.807, 2.05) is 0 Å². The maximum Gasteiger partial charge on any atom is 0.416 e. The first kappa shape index (κ1) is 18.3. The van der Waals surface area contributed by atoms with E-state index < -0.39 is 44.3 Å². The number of halogens is 5. The maximum absolute atomic E-state index is 13.6. The highest BCUT2D eigenvalue weighted by atomic mass is 32.2. The van der Waals surface area contributed by atoms with Crippen molar-refractivity contribution in [1.29, 1.82) is 0 Å². The lowest BCUT2D eigenvalue weighted by molar-refractivity contribution is -0.137. The lowest BCUT2D eigenvalue weighted by Gasteiger charge is -2.16. The first-order chi connectivity index (χ1) is 11.0. The Bertz CT molecular complexity index is 849. The van der Waals surface area contributed by atoms with Crippen molar-refractivity contribution in [2.24, 2.45) is 0 Å². The lowest BCUT2D eigenvalue weighted by Crippen LogP contribution is -2.28. The molecule has 1 atom stereocenters. The smallest absolute Gasteiger partial charge is 0.207 e. The van der Waals surface area contributed by atoms with Gasteiger partial charge in [0.1, 0.15) is 16.5 Å². The molecule has 3 nitrogen and oxygen atoms in total. The Balaban J connectivity index is 2.30. The van der Waals surface area contributed by atoms with Crippen LogP contribution in [0.4, 0.5) is 22.0 Å². The minimum Gasteiger partial charge on any atom is -0.207 e. The molecule has 2 rings (SSSR count). The molecule has 2 aromatic carbocycles. The zero-order valence-corrected chi connectivity index (χ0v) is 13.0. The van der Waals surface area contributed by atoms with Crippen LogP contribution in [0.15, 0.2) is 47.4 Å². The quantitative estimate of drug-likeness (QED) is 0.832. The molecule has 0 bridgehead atoms. The van der Waals surface area contributed by atoms with Gasteiger partial charge < -0.3 is 0 Å². The van der Waals surface area contributed by atoms with Gasteiger partial charge in [-0.05, 0) is 36.8 Å². The topological polar surface area (TPSA) is 46.2 Å². The second-order valence-electron chi connectivity index (χ2n) is 5.04. The summed E-state index contributed by atoms with van der Waals surface area (Å²) < 4.78 is 90.9. The van der Waals surface area contributed by atoms with Crippen LogP contribution in [0.1, 0.15) is 24.1 Å². The second-order valence-corrected chi connectivity index (χ2v) is 6.72. The molecular weight excluding hydrogens is 353 g/mol. The molecule has 0 amide bonds. The molecule has 9 heteroatoms. The molecule has 1 unspecified atom stereocenters. The number of hydrogen-bond donors (Lipinski definition) is 1. The summed E-state index contributed by atoms with van der Waals surface area (Å²) in [4.78, 5) is -0.789. The van der Waals surface area contributed by atoms with E-state index in [4.69, 9.17) is 0 Å². The van der Waals surface area contributed by atoms with Gasteiger partial charge in [0.15, 0.2) is 0 Å². The van der Waals surface area contributed by atoms with Gasteiger partial charge in [-0.2, -0.15) is 13.2 Å². The number of alkyl halides is 3. The van der Waals surface area contributed by atoms with Crippen LogP contribution >= 0.6 is 0 Å². The molecule has 0 aromatic heterocycles. The summed E-state index contributed by atoms with van der Waals surface area (Å²) in [6.45, 7) is 1.31. The van der Waals surface area contributed by atoms with E-state index in [0.29, 0.717) is 6.07 Å². The summed E-state index contributed by atoms with van der Waals surface area (Å²) in [5.74, 6) is -2.24. The molecule has 0 heterocycles. The Kier molecular flexibility index (Phi) is 4.95. The van der Waals surface area contributed by atoms with E-state index in [0.717, 1.165) is 30.3 Å². The molecule has 0 aliphatic carbocycles. The van der Waals surface area contributed by atoms with Crippen molar-refractivity contribution in [3.63, 3.8) is 0 Å². The van der Waals surface area contributed by atoms with Gasteiger partial charge in [-0.1, -0.05) is 12.1 Å². The van der Waals surface area contributed by atoms with E-state index in [2.05, 4.69) is 4.72 Å². The SMILES string of the molecule is CC(NS(=O)(=O)c1ccc(F)cc1F)c1cccc(C(F)(F)F)c1. The number of sulfonamides is 1. The molecule has 24 heavy (non-hydrogen) atoms. The summed E-state index contributed by atoms with van der Waals surface area (Å²) in [6.07, 6.45) is -4.57. The molecule has 0 aliphatic heterocycles. The van der Waals surface area contributed by atoms with Crippen molar-refractivity contribution in [2.45, 2.75) is 24.0 Å². The predicted molar refractivity (Wildman–Crippen MR) is 76.5 cm³/mol. The zero-order valence-electron chi connectivity index (χ0n) is 12.2. The number of benzene rings is 2. The average molecular weight is 365 g/mol. The van der Waals surface area contributed by atoms with Crippen molar-refractivity contribution in [3.05, 3.63) is 65.2 Å². The fourth-order valence-corrected chi connectivity index (χ4v) is 3.33. The Morgan fingerprint density at radius 1 is 1.04 bits per heavy atom. The first-order valence-corrected chi connectivity index (χ1v) is 8.13. The molecular formula is C15H12F5NO2S. The predicted octanol–water partition coefficient (Wildman–Crippen LogP) is 4.02. The summed E-state index contributed by atoms with van der Waals surface area (Å²) in [7, 11) is -4.38. The maximum atomic E-state index is 13.6. The summed E-state index contributed by atoms with van der Waals surface area (Å²) in [5, 5.41) is 0. The van der Waals surface area contributed by atoms with Crippen LogP contribution < -0.4 is 4.72 Å². The van der Waals surface area contributed by atoms with Crippen molar-refractivity contribution in [3.8, 4) is 0 Å². The van der Waals surface area contributed by atoms with Gasteiger partial charge in [0.05, 0.1) is 5.56 Å². The first-order valence-electron chi connectivity index (χ1n) is 6.65. The van der Waals surface area contributed by atoms with Crippen LogP contribution in [0.25, 0.3) is 0 Å². The number of hydrogen-bond acceptors (Lipinski definition) is 2. The van der Waals surface area contributed by atoms with Crippen molar-refractivity contribution >= 4 is 10.0 Å². The van der Waals surface area contributed by atoms with Gasteiger partial charge in [-0.3, -0.25) is 0 Å². The third kappa shape index (κ3) is 4.09. The van der Waals surface area contributed by atoms with Gasteiger partial charge >= 0.3 is 6.18 Å². The lowest BCUT2D eigenvalue weighted by atomic mass is 10.1. The van der Waals surface area contributed by atoms with Crippen molar-refractivity contribution in [2.75, 3.05) is 0 Å². The van der Waals surface area contributed by atoms with E-state index in [1.165, 1.54) is 13.0 Å². The Hall–Kier alpha value is -2.00. The van der Waals surface area contributed by atoms with Crippen LogP contribution in [0.2, 0.25) is 0 Å². The Labute approximate surface area is 135 Å². The van der Waals surface area contributed by atoms with E-state index in [9.17, 15) is 30.4 Å². The molecule has 0 saturated heterocycles. The molecule has 2 aromatic rings. The zero-order chi connectivity index (χ0) is 18.1. The molecule has 130 valence electrons. The van der Waals surface area contributed by atoms with Crippen LogP contribution in [-0.4, -0.2) is 8.42 Å². The van der Waals surface area contributed by atoms with Crippen LogP contribution in [0.3, 0.4) is 0 Å². The summed E-state index contributed by atoms with van der Waals surface area (Å²) in [5.41, 5.74) is -0.880. The van der Waals surface area contributed by atoms with Crippen molar-refractivity contribution in [1.82, 2.24) is 4.72 Å². The third-order valence-electron chi connectivity index (χ3n) is 3.23. The van der Waals surface area contributed by atoms with Crippen LogP contribution in [-0.2, 0) is 16.2 Å². The Morgan fingerprint density at radius 2 is 1.71 bits per heavy atom. The fourth-order valence-electron chi connectivity index (χ4n) is 2.04. The van der Waals surface area contributed by atoms with Gasteiger partial charge in [-0.25, -0.2) is 21.9 Å². The normalized spacial score (nSPS) is 13.8. The highest BCUT2D eigenvalue weighted by Crippen LogP contribution is 2.31. The molecule has 0 radical (unpaired) electrons. The Morgan fingerprint density at radius 3 is 2.29 bits per heavy atom. The second kappa shape index (κ2) is 6.48. The van der Waals surface area contributed by atoms with Gasteiger partial charge in [-0.15, -0.1) is 0 Å². The van der Waals surface area contributed by atoms with E-state index >= 15 is 0 Å². The standard InChI is InChI=1S/C15H12F5NO2S/c1-9(10-3-2-4-11(7-10)15(18,19)20)21-24(22,23)14-6-5-12(16)8-13(14)17/h2-9,21H,1H3.